The molecule has 0 saturated carbocycles. The van der Waals surface area contributed by atoms with Crippen molar-refractivity contribution in [2.24, 2.45) is 0 Å². The summed E-state index contributed by atoms with van der Waals surface area (Å²) in [4.78, 5) is 0. The van der Waals surface area contributed by atoms with E-state index < -0.39 is 6.10 Å². The second kappa shape index (κ2) is 7.66. The summed E-state index contributed by atoms with van der Waals surface area (Å²) in [6, 6.07) is 14.1. The average Bonchev–Trinajstić information content (AvgIpc) is 2.47. The summed E-state index contributed by atoms with van der Waals surface area (Å²) < 4.78 is 6.84. The molecule has 2 N–H and O–H groups in total. The molecular weight excluding hydrogens is 377 g/mol. The molecule has 1 unspecified atom stereocenters. The van der Waals surface area contributed by atoms with Crippen molar-refractivity contribution >= 4 is 28.3 Å². The summed E-state index contributed by atoms with van der Waals surface area (Å²) in [7, 11) is 0. The molecule has 0 amide bonds. The number of nitrogens with one attached hydrogen (secondary N) is 1. The minimum Gasteiger partial charge on any atom is -0.491 e. The molecule has 2 rings (SSSR count). The number of rotatable bonds is 6. The van der Waals surface area contributed by atoms with Gasteiger partial charge in [0.05, 0.1) is 0 Å². The number of hydrogen-bond donors (Lipinski definition) is 2. The van der Waals surface area contributed by atoms with Crippen molar-refractivity contribution in [2.75, 3.05) is 18.5 Å². The number of hydrogen-bond acceptors (Lipinski definition) is 3. The lowest BCUT2D eigenvalue weighted by atomic mass is 10.1. The van der Waals surface area contributed by atoms with E-state index in [1.165, 1.54) is 0 Å². The molecule has 0 aliphatic rings. The number of aryl methyl sites for hydroxylation is 2. The fourth-order valence-electron chi connectivity index (χ4n) is 1.94. The minimum absolute atomic E-state index is 0.278. The van der Waals surface area contributed by atoms with Crippen molar-refractivity contribution < 1.29 is 9.84 Å². The molecule has 3 nitrogen and oxygen atoms in total. The third-order valence-electron chi connectivity index (χ3n) is 3.18. The minimum atomic E-state index is -0.555. The smallest absolute Gasteiger partial charge is 0.122 e. The topological polar surface area (TPSA) is 41.5 Å². The highest BCUT2D eigenvalue weighted by Gasteiger charge is 2.08. The van der Waals surface area contributed by atoms with Gasteiger partial charge in [-0.1, -0.05) is 24.3 Å². The lowest BCUT2D eigenvalue weighted by Gasteiger charge is -2.16. The Morgan fingerprint density at radius 1 is 1.19 bits per heavy atom. The van der Waals surface area contributed by atoms with E-state index >= 15 is 0 Å². The van der Waals surface area contributed by atoms with E-state index in [1.807, 2.05) is 50.2 Å². The zero-order chi connectivity index (χ0) is 15.2. The van der Waals surface area contributed by atoms with Crippen LogP contribution in [0, 0.1) is 17.4 Å². The number of anilines is 1. The standard InChI is InChI=1S/C17H20INO2/c1-12-7-8-13(2)17(9-12)21-11-14(20)10-19-16-6-4-3-5-15(16)18/h3-9,14,19-20H,10-11H2,1-2H3. The highest BCUT2D eigenvalue weighted by Crippen LogP contribution is 2.20. The van der Waals surface area contributed by atoms with E-state index in [0.29, 0.717) is 6.54 Å². The SMILES string of the molecule is Cc1ccc(C)c(OCC(O)CNc2ccccc2I)c1. The van der Waals surface area contributed by atoms with Gasteiger partial charge in [0, 0.05) is 15.8 Å². The van der Waals surface area contributed by atoms with E-state index in [-0.39, 0.29) is 6.61 Å². The largest absolute Gasteiger partial charge is 0.491 e. The molecule has 2 aromatic rings. The fraction of sp³-hybridized carbons (Fsp3) is 0.294. The van der Waals surface area contributed by atoms with Gasteiger partial charge in [0.2, 0.25) is 0 Å². The molecule has 0 heterocycles. The molecule has 0 aliphatic carbocycles. The van der Waals surface area contributed by atoms with Crippen LogP contribution in [0.1, 0.15) is 11.1 Å². The van der Waals surface area contributed by atoms with Crippen LogP contribution in [-0.4, -0.2) is 24.4 Å². The van der Waals surface area contributed by atoms with Crippen LogP contribution in [0.25, 0.3) is 0 Å². The maximum absolute atomic E-state index is 10.0. The molecule has 0 spiro atoms. The van der Waals surface area contributed by atoms with E-state index in [0.717, 1.165) is 26.1 Å². The Morgan fingerprint density at radius 3 is 2.71 bits per heavy atom. The van der Waals surface area contributed by atoms with Gasteiger partial charge in [0.15, 0.2) is 0 Å². The van der Waals surface area contributed by atoms with Crippen LogP contribution in [0.15, 0.2) is 42.5 Å². The summed E-state index contributed by atoms with van der Waals surface area (Å²) in [6.07, 6.45) is -0.555. The first-order valence-corrected chi connectivity index (χ1v) is 8.00. The quantitative estimate of drug-likeness (QED) is 0.730. The van der Waals surface area contributed by atoms with Crippen LogP contribution >= 0.6 is 22.6 Å². The van der Waals surface area contributed by atoms with E-state index in [1.54, 1.807) is 0 Å². The van der Waals surface area contributed by atoms with Crippen molar-refractivity contribution in [1.29, 1.82) is 0 Å². The summed E-state index contributed by atoms with van der Waals surface area (Å²) >= 11 is 2.27. The summed E-state index contributed by atoms with van der Waals surface area (Å²) in [5.41, 5.74) is 3.27. The third-order valence-corrected chi connectivity index (χ3v) is 4.12. The van der Waals surface area contributed by atoms with Crippen LogP contribution in [0.2, 0.25) is 0 Å². The molecular formula is C17H20INO2. The zero-order valence-corrected chi connectivity index (χ0v) is 14.4. The first kappa shape index (κ1) is 16.1. The van der Waals surface area contributed by atoms with Gasteiger partial charge >= 0.3 is 0 Å². The molecule has 0 aromatic heterocycles. The van der Waals surface area contributed by atoms with Crippen molar-refractivity contribution in [3.63, 3.8) is 0 Å². The molecule has 4 heteroatoms. The highest BCUT2D eigenvalue weighted by molar-refractivity contribution is 14.1. The predicted molar refractivity (Wildman–Crippen MR) is 95.1 cm³/mol. The van der Waals surface area contributed by atoms with E-state index in [2.05, 4.69) is 34.0 Å². The first-order chi connectivity index (χ1) is 10.1. The Balaban J connectivity index is 1.84. The Labute approximate surface area is 139 Å². The second-order valence-electron chi connectivity index (χ2n) is 5.09. The van der Waals surface area contributed by atoms with Crippen LogP contribution in [-0.2, 0) is 0 Å². The van der Waals surface area contributed by atoms with Gasteiger partial charge in [-0.2, -0.15) is 0 Å². The van der Waals surface area contributed by atoms with Gasteiger partial charge in [-0.05, 0) is 65.8 Å². The Hall–Kier alpha value is -1.27. The molecule has 0 bridgehead atoms. The third kappa shape index (κ3) is 4.89. The molecule has 1 atom stereocenters. The molecule has 0 radical (unpaired) electrons. The van der Waals surface area contributed by atoms with Crippen LogP contribution < -0.4 is 10.1 Å². The maximum atomic E-state index is 10.0. The van der Waals surface area contributed by atoms with Crippen molar-refractivity contribution in [3.05, 3.63) is 57.2 Å². The lowest BCUT2D eigenvalue weighted by Crippen LogP contribution is -2.26. The average molecular weight is 397 g/mol. The summed E-state index contributed by atoms with van der Waals surface area (Å²) in [5.74, 6) is 0.836. The first-order valence-electron chi connectivity index (χ1n) is 6.93. The summed E-state index contributed by atoms with van der Waals surface area (Å²) in [6.45, 7) is 4.78. The Morgan fingerprint density at radius 2 is 1.95 bits per heavy atom. The van der Waals surface area contributed by atoms with Crippen LogP contribution in [0.5, 0.6) is 5.75 Å². The van der Waals surface area contributed by atoms with Gasteiger partial charge in [-0.25, -0.2) is 0 Å². The highest BCUT2D eigenvalue weighted by atomic mass is 127. The Kier molecular flexibility index (Phi) is 5.87. The van der Waals surface area contributed by atoms with E-state index in [4.69, 9.17) is 4.74 Å². The number of para-hydroxylation sites is 1. The van der Waals surface area contributed by atoms with Crippen molar-refractivity contribution in [3.8, 4) is 5.75 Å². The molecule has 0 saturated heterocycles. The van der Waals surface area contributed by atoms with Crippen molar-refractivity contribution in [2.45, 2.75) is 20.0 Å². The molecule has 112 valence electrons. The lowest BCUT2D eigenvalue weighted by molar-refractivity contribution is 0.117. The van der Waals surface area contributed by atoms with Crippen LogP contribution in [0.4, 0.5) is 5.69 Å². The zero-order valence-electron chi connectivity index (χ0n) is 12.3. The number of benzene rings is 2. The van der Waals surface area contributed by atoms with Gasteiger partial charge in [0.1, 0.15) is 18.5 Å². The monoisotopic (exact) mass is 397 g/mol. The van der Waals surface area contributed by atoms with Gasteiger partial charge < -0.3 is 15.2 Å². The molecule has 0 aliphatic heterocycles. The normalized spacial score (nSPS) is 12.0. The molecule has 21 heavy (non-hydrogen) atoms. The van der Waals surface area contributed by atoms with Gasteiger partial charge in [0.25, 0.3) is 0 Å². The number of aliphatic hydroxyl groups excluding tert-OH is 1. The maximum Gasteiger partial charge on any atom is 0.122 e. The summed E-state index contributed by atoms with van der Waals surface area (Å²) in [5, 5.41) is 13.3. The number of aliphatic hydroxyl groups is 1. The van der Waals surface area contributed by atoms with Gasteiger partial charge in [-0.15, -0.1) is 0 Å². The van der Waals surface area contributed by atoms with E-state index in [9.17, 15) is 5.11 Å². The predicted octanol–water partition coefficient (Wildman–Crippen LogP) is 3.76. The second-order valence-corrected chi connectivity index (χ2v) is 6.26. The number of halogens is 1. The van der Waals surface area contributed by atoms with Gasteiger partial charge in [-0.3, -0.25) is 0 Å². The van der Waals surface area contributed by atoms with Crippen molar-refractivity contribution in [1.82, 2.24) is 0 Å². The van der Waals surface area contributed by atoms with Crippen LogP contribution in [0.3, 0.4) is 0 Å². The molecule has 2 aromatic carbocycles. The number of ether oxygens (including phenoxy) is 1. The molecule has 0 fully saturated rings. The fourth-order valence-corrected chi connectivity index (χ4v) is 2.52. The Bertz CT molecular complexity index is 601.